The molecule has 2 fully saturated rings. The van der Waals surface area contributed by atoms with Crippen molar-refractivity contribution in [1.82, 2.24) is 9.80 Å². The van der Waals surface area contributed by atoms with E-state index in [-0.39, 0.29) is 53.9 Å². The highest BCUT2D eigenvalue weighted by Gasteiger charge is 2.50. The minimum atomic E-state index is -0.329. The van der Waals surface area contributed by atoms with Crippen molar-refractivity contribution >= 4 is 24.5 Å². The lowest BCUT2D eigenvalue weighted by molar-refractivity contribution is -0.151. The molecule has 3 amide bonds. The lowest BCUT2D eigenvalue weighted by atomic mass is 9.57. The van der Waals surface area contributed by atoms with Gasteiger partial charge in [-0.3, -0.25) is 19.3 Å². The number of carbonyl (C=O) groups is 4. The fourth-order valence-electron chi connectivity index (χ4n) is 5.81. The van der Waals surface area contributed by atoms with Crippen LogP contribution in [0.4, 0.5) is 0 Å². The topological polar surface area (TPSA) is 74.8 Å². The molecule has 2 aliphatic carbocycles. The number of amides is 3. The predicted octanol–water partition coefficient (Wildman–Crippen LogP) is 3.86. The van der Waals surface area contributed by atoms with Crippen LogP contribution in [0.25, 0.3) is 0 Å². The fourth-order valence-corrected chi connectivity index (χ4v) is 5.81. The van der Waals surface area contributed by atoms with Crippen LogP contribution in [0.15, 0.2) is 49.6 Å². The number of benzene rings is 1. The minimum absolute atomic E-state index is 0.0411. The van der Waals surface area contributed by atoms with Crippen molar-refractivity contribution in [2.75, 3.05) is 7.05 Å². The van der Waals surface area contributed by atoms with Gasteiger partial charge in [-0.15, -0.1) is 13.2 Å². The van der Waals surface area contributed by atoms with E-state index in [1.54, 1.807) is 18.0 Å². The van der Waals surface area contributed by atoms with Crippen LogP contribution in [-0.2, 0) is 32.3 Å². The molecule has 0 aliphatic heterocycles. The van der Waals surface area contributed by atoms with Gasteiger partial charge >= 0.3 is 0 Å². The van der Waals surface area contributed by atoms with Crippen molar-refractivity contribution in [3.63, 3.8) is 0 Å². The Morgan fingerprint density at radius 2 is 1.68 bits per heavy atom. The number of imide groups is 1. The Balaban J connectivity index is 1.65. The molecule has 1 aromatic carbocycles. The highest BCUT2D eigenvalue weighted by atomic mass is 16.2. The quantitative estimate of drug-likeness (QED) is 0.389. The first-order valence-electron chi connectivity index (χ1n) is 12.0. The second kappa shape index (κ2) is 10.9. The number of rotatable bonds is 10. The Bertz CT molecular complexity index is 957. The molecule has 0 aromatic heterocycles. The van der Waals surface area contributed by atoms with Crippen molar-refractivity contribution in [2.24, 2.45) is 41.4 Å². The number of aldehydes is 1. The molecule has 0 heterocycles. The molecule has 2 saturated carbocycles. The lowest BCUT2D eigenvalue weighted by Crippen LogP contribution is -2.53. The van der Waals surface area contributed by atoms with E-state index in [1.807, 2.05) is 37.3 Å². The van der Waals surface area contributed by atoms with Crippen LogP contribution in [-0.4, -0.2) is 41.4 Å². The molecule has 7 unspecified atom stereocenters. The molecule has 0 bridgehead atoms. The molecular weight excluding hydrogens is 428 g/mol. The molecule has 34 heavy (non-hydrogen) atoms. The maximum absolute atomic E-state index is 13.0. The molecule has 0 saturated heterocycles. The summed E-state index contributed by atoms with van der Waals surface area (Å²) in [6.07, 6.45) is 6.80. The molecule has 182 valence electrons. The number of hydrogen-bond donors (Lipinski definition) is 0. The van der Waals surface area contributed by atoms with Gasteiger partial charge in [-0.25, -0.2) is 0 Å². The van der Waals surface area contributed by atoms with Gasteiger partial charge in [0.1, 0.15) is 6.29 Å². The smallest absolute Gasteiger partial charge is 0.232 e. The monoisotopic (exact) mass is 464 g/mol. The van der Waals surface area contributed by atoms with Crippen molar-refractivity contribution in [3.8, 4) is 0 Å². The van der Waals surface area contributed by atoms with Gasteiger partial charge < -0.3 is 9.69 Å². The van der Waals surface area contributed by atoms with Gasteiger partial charge in [-0.2, -0.15) is 0 Å². The first-order valence-corrected chi connectivity index (χ1v) is 12.0. The second-order valence-electron chi connectivity index (χ2n) is 10.0. The molecule has 7 atom stereocenters. The van der Waals surface area contributed by atoms with Crippen LogP contribution in [0.2, 0.25) is 0 Å². The van der Waals surface area contributed by atoms with E-state index >= 15 is 0 Å². The van der Waals surface area contributed by atoms with E-state index in [0.29, 0.717) is 18.9 Å². The maximum Gasteiger partial charge on any atom is 0.232 e. The molecule has 3 rings (SSSR count). The van der Waals surface area contributed by atoms with E-state index in [1.165, 1.54) is 4.90 Å². The molecule has 2 aliphatic rings. The zero-order valence-electron chi connectivity index (χ0n) is 20.4. The zero-order valence-corrected chi connectivity index (χ0v) is 20.4. The summed E-state index contributed by atoms with van der Waals surface area (Å²) in [7, 11) is 1.74. The summed E-state index contributed by atoms with van der Waals surface area (Å²) < 4.78 is 0. The molecule has 0 radical (unpaired) electrons. The van der Waals surface area contributed by atoms with Gasteiger partial charge in [-0.1, -0.05) is 50.3 Å². The van der Waals surface area contributed by atoms with Crippen LogP contribution in [0.5, 0.6) is 0 Å². The minimum Gasteiger partial charge on any atom is -0.341 e. The summed E-state index contributed by atoms with van der Waals surface area (Å²) in [5, 5.41) is 0. The Kier molecular flexibility index (Phi) is 8.24. The molecule has 1 aromatic rings. The molecule has 6 nitrogen and oxygen atoms in total. The van der Waals surface area contributed by atoms with E-state index < -0.39 is 0 Å². The van der Waals surface area contributed by atoms with Crippen molar-refractivity contribution < 1.29 is 19.2 Å². The average Bonchev–Trinajstić information content (AvgIpc) is 3.21. The normalized spacial score (nSPS) is 30.0. The molecular formula is C28H36N2O4. The third-order valence-electron chi connectivity index (χ3n) is 7.87. The summed E-state index contributed by atoms with van der Waals surface area (Å²) >= 11 is 0. The van der Waals surface area contributed by atoms with Crippen LogP contribution in [0.3, 0.4) is 0 Å². The second-order valence-corrected chi connectivity index (χ2v) is 10.0. The first-order chi connectivity index (χ1) is 16.2. The Labute approximate surface area is 202 Å². The first kappa shape index (κ1) is 25.6. The Morgan fingerprint density at radius 3 is 2.24 bits per heavy atom. The van der Waals surface area contributed by atoms with E-state index in [2.05, 4.69) is 20.1 Å². The lowest BCUT2D eigenvalue weighted by Gasteiger charge is -2.47. The molecule has 0 spiro atoms. The van der Waals surface area contributed by atoms with E-state index in [0.717, 1.165) is 30.3 Å². The average molecular weight is 465 g/mol. The third-order valence-corrected chi connectivity index (χ3v) is 7.87. The summed E-state index contributed by atoms with van der Waals surface area (Å²) in [5.41, 5.74) is 1.74. The van der Waals surface area contributed by atoms with Gasteiger partial charge in [0.2, 0.25) is 18.2 Å². The zero-order chi connectivity index (χ0) is 25.0. The number of nitrogens with zero attached hydrogens (tertiary/aromatic N) is 2. The van der Waals surface area contributed by atoms with Gasteiger partial charge in [0.15, 0.2) is 0 Å². The van der Waals surface area contributed by atoms with Gasteiger partial charge in [0, 0.05) is 25.4 Å². The maximum atomic E-state index is 13.0. The highest BCUT2D eigenvalue weighted by Crippen LogP contribution is 2.46. The SMILES string of the molecule is C=CC1CC(C)C(C(=O)N(C=O)Cc2cccc(CN(C)C(=O)C3C(C)C(C=C)C3C=O)c2)C1. The van der Waals surface area contributed by atoms with Crippen LogP contribution in [0, 0.1) is 41.4 Å². The fraction of sp³-hybridized carbons (Fsp3) is 0.500. The largest absolute Gasteiger partial charge is 0.341 e. The Hall–Kier alpha value is -3.02. The summed E-state index contributed by atoms with van der Waals surface area (Å²) in [4.78, 5) is 52.2. The Morgan fingerprint density at radius 1 is 1.00 bits per heavy atom. The van der Waals surface area contributed by atoms with Crippen LogP contribution in [0.1, 0.15) is 37.8 Å². The molecule has 0 N–H and O–H groups in total. The summed E-state index contributed by atoms with van der Waals surface area (Å²) in [6, 6.07) is 7.59. The summed E-state index contributed by atoms with van der Waals surface area (Å²) in [6.45, 7) is 12.3. The number of carbonyl (C=O) groups excluding carboxylic acids is 4. The van der Waals surface area contributed by atoms with Crippen molar-refractivity contribution in [1.29, 1.82) is 0 Å². The van der Waals surface area contributed by atoms with Gasteiger partial charge in [-0.05, 0) is 47.6 Å². The number of hydrogen-bond acceptors (Lipinski definition) is 4. The van der Waals surface area contributed by atoms with Crippen LogP contribution < -0.4 is 0 Å². The van der Waals surface area contributed by atoms with E-state index in [4.69, 9.17) is 0 Å². The molecule has 6 heteroatoms. The van der Waals surface area contributed by atoms with E-state index in [9.17, 15) is 19.2 Å². The van der Waals surface area contributed by atoms with Crippen LogP contribution >= 0.6 is 0 Å². The van der Waals surface area contributed by atoms with Crippen molar-refractivity contribution in [2.45, 2.75) is 39.8 Å². The standard InChI is InChI=1S/C28H36N2O4/c1-6-20-11-18(3)24(13-20)27(33)30(17-32)15-22-10-8-9-21(12-22)14-29(5)28(34)26-19(4)23(7-2)25(26)16-31/h6-10,12,16-20,23-26H,1-2,11,13-15H2,3-5H3. The number of allylic oxidation sites excluding steroid dienone is 2. The summed E-state index contributed by atoms with van der Waals surface area (Å²) in [5.74, 6) is -0.357. The van der Waals surface area contributed by atoms with Crippen molar-refractivity contribution in [3.05, 3.63) is 60.7 Å². The third kappa shape index (κ3) is 5.06. The highest BCUT2D eigenvalue weighted by molar-refractivity contribution is 5.88. The predicted molar refractivity (Wildman–Crippen MR) is 131 cm³/mol. The van der Waals surface area contributed by atoms with Gasteiger partial charge in [0.05, 0.1) is 12.5 Å². The van der Waals surface area contributed by atoms with Gasteiger partial charge in [0.25, 0.3) is 0 Å².